The molecule has 0 aromatic heterocycles. The Balaban J connectivity index is 1.45. The standard InChI is InChI=1S/C20H35NO/c1-3-20(4-2)10-11-21(15-20)19(22)9-8-18-13-16-6-5-7-17(12-16)14-18/h16-18H,3-15H2,1-2H3. The monoisotopic (exact) mass is 305 g/mol. The summed E-state index contributed by atoms with van der Waals surface area (Å²) in [5, 5.41) is 0. The minimum Gasteiger partial charge on any atom is -0.342 e. The summed E-state index contributed by atoms with van der Waals surface area (Å²) in [6.07, 6.45) is 14.3. The van der Waals surface area contributed by atoms with Crippen LogP contribution in [0.3, 0.4) is 0 Å². The van der Waals surface area contributed by atoms with Crippen LogP contribution in [0.2, 0.25) is 0 Å². The normalized spacial score (nSPS) is 33.9. The second-order valence-electron chi connectivity index (χ2n) is 8.55. The van der Waals surface area contributed by atoms with Gasteiger partial charge in [-0.05, 0) is 68.1 Å². The van der Waals surface area contributed by atoms with E-state index in [1.54, 1.807) is 0 Å². The first kappa shape index (κ1) is 16.3. The van der Waals surface area contributed by atoms with Crippen LogP contribution in [-0.4, -0.2) is 23.9 Å². The molecule has 2 saturated carbocycles. The first-order valence-corrected chi connectivity index (χ1v) is 9.92. The van der Waals surface area contributed by atoms with Gasteiger partial charge in [0.25, 0.3) is 0 Å². The SMILES string of the molecule is CCC1(CC)CCN(C(=O)CCC2CC3CCCC(C3)C2)C1. The lowest BCUT2D eigenvalue weighted by molar-refractivity contribution is -0.131. The smallest absolute Gasteiger partial charge is 0.222 e. The fourth-order valence-corrected chi connectivity index (χ4v) is 5.57. The number of carbonyl (C=O) groups is 1. The zero-order chi connectivity index (χ0) is 15.6. The van der Waals surface area contributed by atoms with Crippen molar-refractivity contribution in [3.63, 3.8) is 0 Å². The maximum atomic E-state index is 12.6. The summed E-state index contributed by atoms with van der Waals surface area (Å²) >= 11 is 0. The highest BCUT2D eigenvalue weighted by Gasteiger charge is 2.37. The number of amides is 1. The predicted octanol–water partition coefficient (Wildman–Crippen LogP) is 5.02. The van der Waals surface area contributed by atoms with Crippen molar-refractivity contribution in [2.45, 2.75) is 84.5 Å². The second-order valence-corrected chi connectivity index (χ2v) is 8.55. The summed E-state index contributed by atoms with van der Waals surface area (Å²) in [4.78, 5) is 14.8. The fraction of sp³-hybridized carbons (Fsp3) is 0.950. The summed E-state index contributed by atoms with van der Waals surface area (Å²) in [6.45, 7) is 6.61. The molecule has 2 atom stereocenters. The van der Waals surface area contributed by atoms with Crippen LogP contribution in [0.4, 0.5) is 0 Å². The largest absolute Gasteiger partial charge is 0.342 e. The quantitative estimate of drug-likeness (QED) is 0.698. The molecule has 3 aliphatic rings. The van der Waals surface area contributed by atoms with Crippen molar-refractivity contribution in [1.82, 2.24) is 4.90 Å². The molecule has 0 aromatic rings. The molecule has 126 valence electrons. The van der Waals surface area contributed by atoms with Gasteiger partial charge in [0.2, 0.25) is 5.91 Å². The molecule has 2 nitrogen and oxygen atoms in total. The summed E-state index contributed by atoms with van der Waals surface area (Å²) < 4.78 is 0. The Morgan fingerprint density at radius 3 is 2.36 bits per heavy atom. The summed E-state index contributed by atoms with van der Waals surface area (Å²) in [7, 11) is 0. The average molecular weight is 306 g/mol. The molecule has 22 heavy (non-hydrogen) atoms. The summed E-state index contributed by atoms with van der Waals surface area (Å²) in [5.41, 5.74) is 0.428. The molecule has 2 aliphatic carbocycles. The average Bonchev–Trinajstić information content (AvgIpc) is 2.98. The molecule has 3 rings (SSSR count). The molecule has 2 bridgehead atoms. The van der Waals surface area contributed by atoms with Gasteiger partial charge >= 0.3 is 0 Å². The van der Waals surface area contributed by atoms with E-state index >= 15 is 0 Å². The van der Waals surface area contributed by atoms with Crippen LogP contribution in [0.15, 0.2) is 0 Å². The number of likely N-dealkylation sites (tertiary alicyclic amines) is 1. The van der Waals surface area contributed by atoms with Crippen LogP contribution in [0.25, 0.3) is 0 Å². The molecule has 1 saturated heterocycles. The molecular weight excluding hydrogens is 270 g/mol. The molecule has 2 heteroatoms. The van der Waals surface area contributed by atoms with E-state index in [2.05, 4.69) is 18.7 Å². The van der Waals surface area contributed by atoms with Gasteiger partial charge in [0.05, 0.1) is 0 Å². The van der Waals surface area contributed by atoms with E-state index in [-0.39, 0.29) is 0 Å². The lowest BCUT2D eigenvalue weighted by Crippen LogP contribution is -2.32. The third-order valence-corrected chi connectivity index (χ3v) is 7.28. The van der Waals surface area contributed by atoms with Gasteiger partial charge in [-0.15, -0.1) is 0 Å². The third kappa shape index (κ3) is 3.51. The van der Waals surface area contributed by atoms with Crippen LogP contribution >= 0.6 is 0 Å². The third-order valence-electron chi connectivity index (χ3n) is 7.28. The topological polar surface area (TPSA) is 20.3 Å². The lowest BCUT2D eigenvalue weighted by atomic mass is 9.67. The Morgan fingerprint density at radius 1 is 1.09 bits per heavy atom. The van der Waals surface area contributed by atoms with Crippen LogP contribution in [0.1, 0.15) is 84.5 Å². The van der Waals surface area contributed by atoms with Crippen molar-refractivity contribution in [2.24, 2.45) is 23.2 Å². The minimum absolute atomic E-state index is 0.428. The fourth-order valence-electron chi connectivity index (χ4n) is 5.57. The van der Waals surface area contributed by atoms with Crippen LogP contribution in [0.5, 0.6) is 0 Å². The number of hydrogen-bond acceptors (Lipinski definition) is 1. The zero-order valence-electron chi connectivity index (χ0n) is 14.8. The van der Waals surface area contributed by atoms with E-state index in [1.807, 2.05) is 0 Å². The molecule has 0 spiro atoms. The van der Waals surface area contributed by atoms with Crippen LogP contribution in [0, 0.1) is 23.2 Å². The molecule has 2 unspecified atom stereocenters. The predicted molar refractivity (Wildman–Crippen MR) is 91.6 cm³/mol. The van der Waals surface area contributed by atoms with Gasteiger partial charge < -0.3 is 4.90 Å². The Hall–Kier alpha value is -0.530. The highest BCUT2D eigenvalue weighted by atomic mass is 16.2. The Kier molecular flexibility index (Phi) is 5.14. The highest BCUT2D eigenvalue weighted by molar-refractivity contribution is 5.76. The van der Waals surface area contributed by atoms with E-state index in [0.29, 0.717) is 11.3 Å². The maximum absolute atomic E-state index is 12.6. The van der Waals surface area contributed by atoms with Crippen molar-refractivity contribution < 1.29 is 4.79 Å². The maximum Gasteiger partial charge on any atom is 0.222 e. The molecule has 0 radical (unpaired) electrons. The Morgan fingerprint density at radius 2 is 1.77 bits per heavy atom. The molecule has 1 aliphatic heterocycles. The number of hydrogen-bond donors (Lipinski definition) is 0. The van der Waals surface area contributed by atoms with Gasteiger partial charge in [-0.25, -0.2) is 0 Å². The van der Waals surface area contributed by atoms with E-state index < -0.39 is 0 Å². The van der Waals surface area contributed by atoms with E-state index in [1.165, 1.54) is 57.8 Å². The number of nitrogens with zero attached hydrogens (tertiary/aromatic N) is 1. The second kappa shape index (κ2) is 6.93. The van der Waals surface area contributed by atoms with Gasteiger partial charge in [-0.2, -0.15) is 0 Å². The Bertz CT molecular complexity index is 375. The first-order valence-electron chi connectivity index (χ1n) is 9.92. The number of rotatable bonds is 5. The summed E-state index contributed by atoms with van der Waals surface area (Å²) in [5.74, 6) is 3.27. The van der Waals surface area contributed by atoms with Crippen molar-refractivity contribution in [3.8, 4) is 0 Å². The van der Waals surface area contributed by atoms with Crippen molar-refractivity contribution >= 4 is 5.91 Å². The molecule has 1 amide bonds. The molecule has 0 N–H and O–H groups in total. The highest BCUT2D eigenvalue weighted by Crippen LogP contribution is 2.44. The van der Waals surface area contributed by atoms with Gasteiger partial charge in [-0.1, -0.05) is 33.1 Å². The number of fused-ring (bicyclic) bond motifs is 2. The molecule has 0 aromatic carbocycles. The van der Waals surface area contributed by atoms with Crippen molar-refractivity contribution in [1.29, 1.82) is 0 Å². The van der Waals surface area contributed by atoms with Crippen LogP contribution < -0.4 is 0 Å². The number of carbonyl (C=O) groups excluding carboxylic acids is 1. The zero-order valence-corrected chi connectivity index (χ0v) is 14.8. The van der Waals surface area contributed by atoms with E-state index in [0.717, 1.165) is 43.7 Å². The van der Waals surface area contributed by atoms with Gasteiger partial charge in [0.15, 0.2) is 0 Å². The van der Waals surface area contributed by atoms with Crippen LogP contribution in [-0.2, 0) is 4.79 Å². The summed E-state index contributed by atoms with van der Waals surface area (Å²) in [6, 6.07) is 0. The lowest BCUT2D eigenvalue weighted by Gasteiger charge is -2.39. The van der Waals surface area contributed by atoms with Gasteiger partial charge in [0, 0.05) is 19.5 Å². The van der Waals surface area contributed by atoms with E-state index in [4.69, 9.17) is 0 Å². The van der Waals surface area contributed by atoms with Crippen molar-refractivity contribution in [2.75, 3.05) is 13.1 Å². The van der Waals surface area contributed by atoms with Crippen molar-refractivity contribution in [3.05, 3.63) is 0 Å². The molecular formula is C20H35NO. The minimum atomic E-state index is 0.428. The van der Waals surface area contributed by atoms with Gasteiger partial charge in [0.1, 0.15) is 0 Å². The Labute approximate surface area is 137 Å². The van der Waals surface area contributed by atoms with Gasteiger partial charge in [-0.3, -0.25) is 4.79 Å². The van der Waals surface area contributed by atoms with E-state index in [9.17, 15) is 4.79 Å². The molecule has 1 heterocycles. The first-order chi connectivity index (χ1) is 10.6. The molecule has 3 fully saturated rings.